The van der Waals surface area contributed by atoms with Gasteiger partial charge in [-0.05, 0) is 37.8 Å². The fourth-order valence-corrected chi connectivity index (χ4v) is 4.67. The fourth-order valence-electron chi connectivity index (χ4n) is 2.79. The lowest BCUT2D eigenvalue weighted by Gasteiger charge is -2.23. The molecule has 1 saturated heterocycles. The summed E-state index contributed by atoms with van der Waals surface area (Å²) < 4.78 is 23.2. The first-order chi connectivity index (χ1) is 9.00. The van der Waals surface area contributed by atoms with Crippen LogP contribution in [0.4, 0.5) is 0 Å². The summed E-state index contributed by atoms with van der Waals surface area (Å²) >= 11 is 0. The highest BCUT2D eigenvalue weighted by Crippen LogP contribution is 2.24. The molecule has 1 aromatic rings. The van der Waals surface area contributed by atoms with Gasteiger partial charge in [0.1, 0.15) is 0 Å². The third-order valence-corrected chi connectivity index (χ3v) is 5.67. The van der Waals surface area contributed by atoms with E-state index in [-0.39, 0.29) is 12.0 Å². The molecule has 0 saturated carbocycles. The van der Waals surface area contributed by atoms with E-state index in [1.807, 2.05) is 0 Å². The van der Waals surface area contributed by atoms with Crippen LogP contribution < -0.4 is 5.32 Å². The number of hydrogen-bond acceptors (Lipinski definition) is 3. The molecule has 0 spiro atoms. The molecule has 106 valence electrons. The Bertz CT molecular complexity index is 507. The Hall–Kier alpha value is -0.870. The van der Waals surface area contributed by atoms with E-state index in [9.17, 15) is 8.42 Å². The van der Waals surface area contributed by atoms with Crippen molar-refractivity contribution in [2.24, 2.45) is 5.92 Å². The molecule has 1 fully saturated rings. The van der Waals surface area contributed by atoms with E-state index in [0.29, 0.717) is 11.5 Å². The van der Waals surface area contributed by atoms with Gasteiger partial charge in [-0.2, -0.15) is 0 Å². The van der Waals surface area contributed by atoms with E-state index in [1.54, 1.807) is 0 Å². The second kappa shape index (κ2) is 6.06. The van der Waals surface area contributed by atoms with Gasteiger partial charge < -0.3 is 5.32 Å². The normalized spacial score (nSPS) is 23.4. The summed E-state index contributed by atoms with van der Waals surface area (Å²) in [5.74, 6) is 0.954. The van der Waals surface area contributed by atoms with E-state index in [1.165, 1.54) is 11.1 Å². The highest BCUT2D eigenvalue weighted by molar-refractivity contribution is 7.91. The molecule has 4 heteroatoms. The Balaban J connectivity index is 2.06. The summed E-state index contributed by atoms with van der Waals surface area (Å²) in [5.41, 5.74) is 2.54. The molecule has 1 aliphatic rings. The van der Waals surface area contributed by atoms with Gasteiger partial charge in [0.2, 0.25) is 0 Å². The number of nitrogens with one attached hydrogen (secondary N) is 1. The van der Waals surface area contributed by atoms with Gasteiger partial charge in [-0.25, -0.2) is 8.42 Å². The van der Waals surface area contributed by atoms with Crippen LogP contribution >= 0.6 is 0 Å². The molecule has 2 unspecified atom stereocenters. The summed E-state index contributed by atoms with van der Waals surface area (Å²) in [6.45, 7) is 5.04. The molecule has 1 heterocycles. The molecule has 1 aromatic carbocycles. The molecule has 3 nitrogen and oxygen atoms in total. The maximum Gasteiger partial charge on any atom is 0.150 e. The Labute approximate surface area is 116 Å². The van der Waals surface area contributed by atoms with E-state index in [0.717, 1.165) is 19.4 Å². The number of aryl methyl sites for hydroxylation is 1. The SMILES string of the molecule is CCNC(Cc1ccc(C)cc1)C1CCS(=O)(=O)C1. The third kappa shape index (κ3) is 4.05. The smallest absolute Gasteiger partial charge is 0.150 e. The highest BCUT2D eigenvalue weighted by atomic mass is 32.2. The quantitative estimate of drug-likeness (QED) is 0.897. The number of likely N-dealkylation sites (N-methyl/N-ethyl adjacent to an activating group) is 1. The minimum Gasteiger partial charge on any atom is -0.314 e. The second-order valence-corrected chi connectivity index (χ2v) is 7.75. The highest BCUT2D eigenvalue weighted by Gasteiger charge is 2.33. The lowest BCUT2D eigenvalue weighted by atomic mass is 9.92. The molecule has 1 aliphatic heterocycles. The molecular formula is C15H23NO2S. The van der Waals surface area contributed by atoms with Crippen LogP contribution in [0.3, 0.4) is 0 Å². The number of rotatable bonds is 5. The van der Waals surface area contributed by atoms with Gasteiger partial charge in [-0.3, -0.25) is 0 Å². The zero-order chi connectivity index (χ0) is 13.9. The number of hydrogen-bond donors (Lipinski definition) is 1. The van der Waals surface area contributed by atoms with Gasteiger partial charge in [-0.15, -0.1) is 0 Å². The summed E-state index contributed by atoms with van der Waals surface area (Å²) in [7, 11) is -2.80. The van der Waals surface area contributed by atoms with Gasteiger partial charge in [0.05, 0.1) is 11.5 Å². The van der Waals surface area contributed by atoms with Crippen molar-refractivity contribution in [3.63, 3.8) is 0 Å². The van der Waals surface area contributed by atoms with Crippen molar-refractivity contribution >= 4 is 9.84 Å². The minimum atomic E-state index is -2.80. The van der Waals surface area contributed by atoms with Crippen molar-refractivity contribution < 1.29 is 8.42 Å². The maximum atomic E-state index is 11.6. The molecule has 1 N–H and O–H groups in total. The maximum absolute atomic E-state index is 11.6. The molecule has 0 aliphatic carbocycles. The fraction of sp³-hybridized carbons (Fsp3) is 0.600. The Kier molecular flexibility index (Phi) is 4.63. The van der Waals surface area contributed by atoms with Crippen LogP contribution in [0.2, 0.25) is 0 Å². The van der Waals surface area contributed by atoms with Gasteiger partial charge in [-0.1, -0.05) is 36.8 Å². The Morgan fingerprint density at radius 1 is 1.32 bits per heavy atom. The summed E-state index contributed by atoms with van der Waals surface area (Å²) in [4.78, 5) is 0. The van der Waals surface area contributed by atoms with Gasteiger partial charge >= 0.3 is 0 Å². The van der Waals surface area contributed by atoms with Crippen molar-refractivity contribution in [3.05, 3.63) is 35.4 Å². The lowest BCUT2D eigenvalue weighted by Crippen LogP contribution is -2.38. The summed E-state index contributed by atoms with van der Waals surface area (Å²) in [6, 6.07) is 8.78. The van der Waals surface area contributed by atoms with E-state index in [4.69, 9.17) is 0 Å². The van der Waals surface area contributed by atoms with Crippen LogP contribution in [0.5, 0.6) is 0 Å². The molecule has 0 bridgehead atoms. The van der Waals surface area contributed by atoms with Crippen LogP contribution in [-0.2, 0) is 16.3 Å². The zero-order valence-corrected chi connectivity index (χ0v) is 12.5. The van der Waals surface area contributed by atoms with Crippen LogP contribution in [0.1, 0.15) is 24.5 Å². The average molecular weight is 281 g/mol. The topological polar surface area (TPSA) is 46.2 Å². The van der Waals surface area contributed by atoms with Crippen LogP contribution in [0, 0.1) is 12.8 Å². The van der Waals surface area contributed by atoms with Gasteiger partial charge in [0, 0.05) is 6.04 Å². The predicted molar refractivity (Wildman–Crippen MR) is 79.1 cm³/mol. The van der Waals surface area contributed by atoms with Gasteiger partial charge in [0.15, 0.2) is 9.84 Å². The molecule has 2 atom stereocenters. The van der Waals surface area contributed by atoms with Crippen LogP contribution in [0.25, 0.3) is 0 Å². The lowest BCUT2D eigenvalue weighted by molar-refractivity contribution is 0.386. The van der Waals surface area contributed by atoms with Crippen molar-refractivity contribution in [1.82, 2.24) is 5.32 Å². The van der Waals surface area contributed by atoms with Crippen LogP contribution in [0.15, 0.2) is 24.3 Å². The average Bonchev–Trinajstić information content (AvgIpc) is 2.72. The third-order valence-electron chi connectivity index (χ3n) is 3.88. The van der Waals surface area contributed by atoms with Crippen LogP contribution in [-0.4, -0.2) is 32.5 Å². The molecule has 0 radical (unpaired) electrons. The van der Waals surface area contributed by atoms with Crippen molar-refractivity contribution in [3.8, 4) is 0 Å². The van der Waals surface area contributed by atoms with Crippen molar-refractivity contribution in [2.45, 2.75) is 32.7 Å². The molecule has 2 rings (SSSR count). The number of benzene rings is 1. The Morgan fingerprint density at radius 2 is 2.00 bits per heavy atom. The van der Waals surface area contributed by atoms with Crippen molar-refractivity contribution in [2.75, 3.05) is 18.1 Å². The minimum absolute atomic E-state index is 0.256. The first-order valence-electron chi connectivity index (χ1n) is 6.99. The largest absolute Gasteiger partial charge is 0.314 e. The Morgan fingerprint density at radius 3 is 2.53 bits per heavy atom. The van der Waals surface area contributed by atoms with E-state index < -0.39 is 9.84 Å². The van der Waals surface area contributed by atoms with Crippen molar-refractivity contribution in [1.29, 1.82) is 0 Å². The summed E-state index contributed by atoms with van der Waals surface area (Å²) in [6.07, 6.45) is 1.71. The monoisotopic (exact) mass is 281 g/mol. The zero-order valence-electron chi connectivity index (χ0n) is 11.7. The van der Waals surface area contributed by atoms with E-state index >= 15 is 0 Å². The van der Waals surface area contributed by atoms with E-state index in [2.05, 4.69) is 43.4 Å². The summed E-state index contributed by atoms with van der Waals surface area (Å²) in [5, 5.41) is 3.46. The first kappa shape index (κ1) is 14.5. The first-order valence-corrected chi connectivity index (χ1v) is 8.81. The molecule has 19 heavy (non-hydrogen) atoms. The number of sulfone groups is 1. The molecular weight excluding hydrogens is 258 g/mol. The standard InChI is InChI=1S/C15H23NO2S/c1-3-16-15(14-8-9-19(17,18)11-14)10-13-6-4-12(2)5-7-13/h4-7,14-16H,3,8-11H2,1-2H3. The van der Waals surface area contributed by atoms with Gasteiger partial charge in [0.25, 0.3) is 0 Å². The molecule has 0 aromatic heterocycles. The second-order valence-electron chi connectivity index (χ2n) is 5.52. The molecule has 0 amide bonds. The predicted octanol–water partition coefficient (Wildman–Crippen LogP) is 1.95.